The third-order valence-corrected chi connectivity index (χ3v) is 28.1. The van der Waals surface area contributed by atoms with E-state index in [4.69, 9.17) is 91.0 Å². The fourth-order valence-electron chi connectivity index (χ4n) is 19.9. The molecule has 2 aromatic rings. The highest BCUT2D eigenvalue weighted by Gasteiger charge is 2.60. The number of ketones is 2. The standard InChI is InChI=1S/C90H147N11O42/c1-42(2)62(52(108)33-44(82(123)92-3)13-10-23-94-90(91)125)95-83(124)43(32-45(107)21-25-127-27-29-129-31-30-128-28-26-126-24-11-16-61(110)131-40-48-46-17-19-49-50(20-18-47(46)48)100(4)98-96-49)12-8-9-22-93-60(109)41-130-53-15-7-5-6-14-51-63(53)97-99-101(51)34-54-76-64(111)70(117)84(132-54)139-77-55(35-102)134-86(72(119)66(77)113)141-79-57(37-104)136-88(74(121)68(79)115)143-81-59(39-106)137-89(75(122)69(81)116)142-80-58(38-105)135-87(73(120)67(80)114)140-78-56(36-103)133-85(138-76)71(118)65(78)112/h42-44,46-48,53-59,62,64-81,84-89,102-106,111-122H,5-41H2,1-4H3,(H,92,123)(H,93,109)(H,95,124)(H3,91,94,125)/t43-,44+,46-,47+,48-,53?,54?,55?,56?,57?,58?,59?,62-,64?,65?,66?,67?,68?,69?,70?,71?,72?,73?,74?,75?,76?,77?,78?,79?,80?,81?,84?,85?,86?,87?,88?,89?/m0/s1. The number of hydrogen-bond acceptors (Lipinski definition) is 46. The minimum Gasteiger partial charge on any atom is -0.465 e. The molecule has 23 N–H and O–H groups in total. The van der Waals surface area contributed by atoms with Crippen molar-refractivity contribution in [3.63, 3.8) is 0 Å². The SMILES string of the molecule is CNC(=O)[C@H](CCCNC(N)=O)CC(=O)[C@@H](NC(=O)[C@@H](CCCCNC(=O)COC1CCCCCc2c1nnn2CC1OC2OC3C(CO)OC(OC4C(CO)OC(OC5C(CO)OC(OC6C(CO)OC(OC7C(CO)OC(OC1C(O)C2O)C(O)C7O)C(O)C6O)C(O)C5O)C(O)C4O)C(O)C3O)CC(=O)CCOCCOCCOCCOCCCC(=O)OC[C@@H]1[C@@H]2CCc3c(nnn3C)CC[C@@H]21)C(C)C. The highest BCUT2D eigenvalue weighted by molar-refractivity contribution is 5.94. The Morgan fingerprint density at radius 1 is 0.455 bits per heavy atom. The van der Waals surface area contributed by atoms with Crippen LogP contribution >= 0.6 is 0 Å². The summed E-state index contributed by atoms with van der Waals surface area (Å²) in [5.74, 6) is -3.31. The van der Waals surface area contributed by atoms with Crippen LogP contribution in [0.3, 0.4) is 0 Å². The van der Waals surface area contributed by atoms with Gasteiger partial charge in [-0.2, -0.15) is 0 Å². The van der Waals surface area contributed by atoms with Crippen LogP contribution in [0.2, 0.25) is 0 Å². The molecule has 143 heavy (non-hydrogen) atoms. The molecule has 0 spiro atoms. The van der Waals surface area contributed by atoms with E-state index in [9.17, 15) is 120 Å². The molecule has 22 saturated heterocycles. The van der Waals surface area contributed by atoms with Crippen LogP contribution in [-0.4, -0.2) is 468 Å². The van der Waals surface area contributed by atoms with Gasteiger partial charge in [-0.1, -0.05) is 43.5 Å². The first-order valence-corrected chi connectivity index (χ1v) is 49.5. The number of aryl methyl sites for hydroxylation is 2. The summed E-state index contributed by atoms with van der Waals surface area (Å²) >= 11 is 0. The molecule has 31 unspecified atom stereocenters. The number of nitrogens with two attached hydrogens (primary N) is 1. The number of hydrogen-bond donors (Lipinski definition) is 22. The monoisotopic (exact) mass is 2050 g/mol. The summed E-state index contributed by atoms with van der Waals surface area (Å²) in [6, 6.07) is -1.83. The lowest BCUT2D eigenvalue weighted by Crippen LogP contribution is -2.69. The molecule has 0 radical (unpaired) electrons. The summed E-state index contributed by atoms with van der Waals surface area (Å²) in [7, 11) is 3.35. The third-order valence-electron chi connectivity index (χ3n) is 28.1. The topological polar surface area (TPSA) is 765 Å². The number of aliphatic hydroxyl groups excluding tert-OH is 17. The van der Waals surface area contributed by atoms with Gasteiger partial charge in [0.1, 0.15) is 171 Å². The van der Waals surface area contributed by atoms with Crippen molar-refractivity contribution < 1.29 is 206 Å². The number of fused-ring (bicyclic) bond motifs is 3. The number of carbonyl (C=O) groups is 7. The summed E-state index contributed by atoms with van der Waals surface area (Å²) < 4.78 is 109. The largest absolute Gasteiger partial charge is 0.465 e. The minimum atomic E-state index is -2.28. The van der Waals surface area contributed by atoms with Gasteiger partial charge in [-0.25, -0.2) is 9.48 Å². The van der Waals surface area contributed by atoms with Gasteiger partial charge in [-0.3, -0.25) is 33.4 Å². The van der Waals surface area contributed by atoms with Crippen LogP contribution in [0.15, 0.2) is 0 Å². The number of nitrogens with zero attached hydrogens (tertiary/aromatic N) is 6. The molecule has 25 aliphatic rings. The van der Waals surface area contributed by atoms with Crippen molar-refractivity contribution in [2.24, 2.45) is 48.3 Å². The van der Waals surface area contributed by atoms with Crippen LogP contribution in [-0.2, 0) is 147 Å². The van der Waals surface area contributed by atoms with Crippen molar-refractivity contribution in [3.8, 4) is 0 Å². The molecule has 23 fully saturated rings. The average Bonchev–Trinajstić information content (AvgIpc) is 1.60. The molecule has 53 nitrogen and oxygen atoms in total. The van der Waals surface area contributed by atoms with Gasteiger partial charge in [0.05, 0.1) is 116 Å². The first kappa shape index (κ1) is 115. The number of primary amides is 1. The fraction of sp³-hybridized carbons (Fsp3) is 0.878. The van der Waals surface area contributed by atoms with Crippen LogP contribution in [0.25, 0.3) is 0 Å². The van der Waals surface area contributed by atoms with Crippen molar-refractivity contribution in [1.82, 2.24) is 51.3 Å². The predicted molar refractivity (Wildman–Crippen MR) is 477 cm³/mol. The van der Waals surface area contributed by atoms with Crippen LogP contribution in [0.4, 0.5) is 4.79 Å². The summed E-state index contributed by atoms with van der Waals surface area (Å²) in [6.07, 6.45) is -54.6. The summed E-state index contributed by atoms with van der Waals surface area (Å²) in [5.41, 5.74) is 8.13. The van der Waals surface area contributed by atoms with Gasteiger partial charge < -0.3 is 199 Å². The molecule has 53 heteroatoms. The average molecular weight is 2060 g/mol. The van der Waals surface area contributed by atoms with E-state index in [0.29, 0.717) is 101 Å². The molecular weight excluding hydrogens is 1910 g/mol. The van der Waals surface area contributed by atoms with Gasteiger partial charge in [0.25, 0.3) is 0 Å². The Labute approximate surface area is 824 Å². The van der Waals surface area contributed by atoms with E-state index in [0.717, 1.165) is 31.4 Å². The Morgan fingerprint density at radius 2 is 0.895 bits per heavy atom. The second-order valence-electron chi connectivity index (χ2n) is 38.3. The zero-order valence-corrected chi connectivity index (χ0v) is 80.7. The molecule has 22 aliphatic heterocycles. The molecule has 5 amide bonds. The van der Waals surface area contributed by atoms with Gasteiger partial charge in [0, 0.05) is 71.3 Å². The predicted octanol–water partition coefficient (Wildman–Crippen LogP) is -9.46. The van der Waals surface area contributed by atoms with E-state index in [1.807, 2.05) is 11.7 Å². The number of aliphatic hydroxyl groups is 17. The Morgan fingerprint density at radius 3 is 1.36 bits per heavy atom. The number of carbonyl (C=O) groups excluding carboxylic acids is 7. The molecular formula is C90H147N11O42. The second-order valence-corrected chi connectivity index (χ2v) is 38.3. The van der Waals surface area contributed by atoms with Gasteiger partial charge in [-0.15, -0.1) is 10.2 Å². The molecule has 37 atom stereocenters. The van der Waals surface area contributed by atoms with E-state index < -0.39 is 290 Å². The summed E-state index contributed by atoms with van der Waals surface area (Å²) in [4.78, 5) is 93.1. The summed E-state index contributed by atoms with van der Waals surface area (Å²) in [6.45, 7) is -0.394. The lowest BCUT2D eigenvalue weighted by molar-refractivity contribution is -0.403. The number of aromatic nitrogens is 6. The van der Waals surface area contributed by atoms with E-state index in [1.54, 1.807) is 13.8 Å². The smallest absolute Gasteiger partial charge is 0.312 e. The van der Waals surface area contributed by atoms with Crippen molar-refractivity contribution in [2.45, 2.75) is 339 Å². The zero-order chi connectivity index (χ0) is 103. The molecule has 1 saturated carbocycles. The minimum absolute atomic E-state index is 0.00232. The van der Waals surface area contributed by atoms with E-state index in [2.05, 4.69) is 41.9 Å². The van der Waals surface area contributed by atoms with Gasteiger partial charge in [0.15, 0.2) is 43.5 Å². The number of Topliss-reactive ketones (excluding diaryl/α,β-unsaturated/α-hetero) is 2. The number of amides is 5. The van der Waals surface area contributed by atoms with Gasteiger partial charge in [0.2, 0.25) is 17.7 Å². The van der Waals surface area contributed by atoms with Crippen LogP contribution in [0.1, 0.15) is 145 Å². The van der Waals surface area contributed by atoms with Crippen molar-refractivity contribution >= 4 is 41.3 Å². The molecule has 0 aromatic carbocycles. The zero-order valence-electron chi connectivity index (χ0n) is 80.7. The quantitative estimate of drug-likeness (QED) is 0.0216. The molecule has 24 heterocycles. The Bertz CT molecular complexity index is 4260. The number of rotatable bonds is 46. The van der Waals surface area contributed by atoms with Gasteiger partial charge >= 0.3 is 12.0 Å². The van der Waals surface area contributed by atoms with Crippen molar-refractivity contribution in [1.29, 1.82) is 0 Å². The second kappa shape index (κ2) is 55.8. The van der Waals surface area contributed by atoms with E-state index in [1.165, 1.54) is 17.4 Å². The van der Waals surface area contributed by atoms with Crippen molar-refractivity contribution in [2.75, 3.05) is 119 Å². The summed E-state index contributed by atoms with van der Waals surface area (Å²) in [5, 5.41) is 223. The maximum atomic E-state index is 14.4. The number of unbranched alkanes of at least 4 members (excludes halogenated alkanes) is 1. The van der Waals surface area contributed by atoms with E-state index in [-0.39, 0.29) is 109 Å². The molecule has 814 valence electrons. The van der Waals surface area contributed by atoms with Crippen molar-refractivity contribution in [3.05, 3.63) is 22.8 Å². The Kier molecular flexibility index (Phi) is 44.9. The fourth-order valence-corrected chi connectivity index (χ4v) is 19.9. The number of nitrogens with one attached hydrogen (secondary N) is 4. The van der Waals surface area contributed by atoms with E-state index >= 15 is 0 Å². The molecule has 3 aliphatic carbocycles. The molecule has 27 rings (SSSR count). The number of esters is 1. The normalized spacial score (nSPS) is 36.0. The Balaban J connectivity index is 0.657. The lowest BCUT2D eigenvalue weighted by Gasteiger charge is -2.50. The molecule has 2 aromatic heterocycles. The number of ether oxygens (including phenoxy) is 18. The van der Waals surface area contributed by atoms with Crippen LogP contribution < -0.4 is 27.0 Å². The Hall–Kier alpha value is -6.59. The first-order chi connectivity index (χ1) is 68.7. The van der Waals surface area contributed by atoms with Crippen LogP contribution in [0, 0.1) is 35.5 Å². The maximum absolute atomic E-state index is 14.4. The highest BCUT2D eigenvalue weighted by atomic mass is 16.8. The third kappa shape index (κ3) is 30.2. The first-order valence-electron chi connectivity index (χ1n) is 49.5. The maximum Gasteiger partial charge on any atom is 0.312 e. The van der Waals surface area contributed by atoms with Gasteiger partial charge in [-0.05, 0) is 101 Å². The molecule has 12 bridgehead atoms. The lowest BCUT2D eigenvalue weighted by atomic mass is 9.88. The highest BCUT2D eigenvalue weighted by Crippen LogP contribution is 2.53. The number of urea groups is 1. The van der Waals surface area contributed by atoms with Crippen LogP contribution in [0.5, 0.6) is 0 Å².